The van der Waals surface area contributed by atoms with Gasteiger partial charge in [-0.15, -0.1) is 0 Å². The summed E-state index contributed by atoms with van der Waals surface area (Å²) in [5.41, 5.74) is 0.000303. The molecule has 2 aromatic carbocycles. The average Bonchev–Trinajstić information content (AvgIpc) is 3.34. The molecule has 4 amide bonds. The number of thioether (sulfide) groups is 1. The van der Waals surface area contributed by atoms with Gasteiger partial charge >= 0.3 is 6.03 Å². The molecule has 9 nitrogen and oxygen atoms in total. The van der Waals surface area contributed by atoms with Gasteiger partial charge in [0.25, 0.3) is 5.91 Å². The third kappa shape index (κ3) is 5.17. The van der Waals surface area contributed by atoms with Crippen molar-refractivity contribution in [2.24, 2.45) is 5.92 Å². The van der Waals surface area contributed by atoms with Gasteiger partial charge in [-0.3, -0.25) is 14.5 Å². The molecule has 4 aliphatic heterocycles. The Bertz CT molecular complexity index is 1410. The summed E-state index contributed by atoms with van der Waals surface area (Å²) in [5.74, 6) is -2.35. The van der Waals surface area contributed by atoms with Crippen LogP contribution < -0.4 is 25.6 Å². The summed E-state index contributed by atoms with van der Waals surface area (Å²) in [5, 5.41) is 8.90. The molecule has 0 spiro atoms. The van der Waals surface area contributed by atoms with Crippen LogP contribution in [0.3, 0.4) is 0 Å². The number of likely N-dealkylation sites (tertiary alicyclic amines) is 1. The highest BCUT2D eigenvalue weighted by Gasteiger charge is 2.52. The molecule has 3 unspecified atom stereocenters. The van der Waals surface area contributed by atoms with Crippen LogP contribution in [0.5, 0.6) is 11.5 Å². The van der Waals surface area contributed by atoms with Crippen molar-refractivity contribution < 1.29 is 27.9 Å². The second-order valence-electron chi connectivity index (χ2n) is 10.4. The average molecular weight is 582 g/mol. The largest absolute Gasteiger partial charge is 0.457 e. The normalized spacial score (nSPS) is 25.4. The van der Waals surface area contributed by atoms with Crippen molar-refractivity contribution >= 4 is 35.3 Å². The molecule has 0 radical (unpaired) electrons. The maximum absolute atomic E-state index is 15.4. The number of ether oxygens (including phenoxy) is 1. The zero-order chi connectivity index (χ0) is 28.7. The maximum Gasteiger partial charge on any atom is 0.326 e. The van der Waals surface area contributed by atoms with Gasteiger partial charge in [-0.1, -0.05) is 36.5 Å². The number of amides is 4. The molecule has 4 atom stereocenters. The van der Waals surface area contributed by atoms with E-state index in [2.05, 4.69) is 22.5 Å². The first-order valence-electron chi connectivity index (χ1n) is 13.5. The maximum atomic E-state index is 15.4. The third-order valence-corrected chi connectivity index (χ3v) is 9.16. The van der Waals surface area contributed by atoms with Crippen LogP contribution in [0.15, 0.2) is 65.7 Å². The van der Waals surface area contributed by atoms with E-state index in [-0.39, 0.29) is 34.9 Å². The summed E-state index contributed by atoms with van der Waals surface area (Å²) in [4.78, 5) is 42.1. The SMILES string of the molecule is C=CC(=O)N1CCC[C@@H](NC(=O)C2=C3NC(=O)N(c4c(F)cc(Oc5ccccc5)cc4F)C4CCNC(S2)C34)C1. The van der Waals surface area contributed by atoms with Crippen LogP contribution in [-0.2, 0) is 9.59 Å². The summed E-state index contributed by atoms with van der Waals surface area (Å²) in [6.07, 6.45) is 3.17. The first-order valence-corrected chi connectivity index (χ1v) is 14.4. The van der Waals surface area contributed by atoms with E-state index in [1.807, 2.05) is 0 Å². The van der Waals surface area contributed by atoms with Gasteiger partial charge in [0, 0.05) is 42.9 Å². The standard InChI is InChI=1S/C29H29F2N5O4S/c1-2-22(37)35-12-6-7-16(15-35)33-27(38)26-24-23-21(10-11-32-28(23)41-26)36(29(39)34-24)25-19(30)13-18(14-20(25)31)40-17-8-4-3-5-9-17/h2-5,8-9,13-14,16,21,23,28,32H,1,6-7,10-12,15H2,(H,33,38)(H,34,39)/t16-,21?,23?,28?/m1/s1. The second kappa shape index (κ2) is 11.2. The van der Waals surface area contributed by atoms with Gasteiger partial charge < -0.3 is 25.6 Å². The molecule has 0 bridgehead atoms. The van der Waals surface area contributed by atoms with Crippen molar-refractivity contribution in [2.45, 2.75) is 36.7 Å². The van der Waals surface area contributed by atoms with Gasteiger partial charge in [-0.2, -0.15) is 0 Å². The Kier molecular flexibility index (Phi) is 7.43. The van der Waals surface area contributed by atoms with Crippen LogP contribution in [-0.4, -0.2) is 59.8 Å². The summed E-state index contributed by atoms with van der Waals surface area (Å²) in [6.45, 7) is 5.02. The fourth-order valence-electron chi connectivity index (χ4n) is 6.01. The van der Waals surface area contributed by atoms with Crippen LogP contribution in [0.1, 0.15) is 19.3 Å². The fraction of sp³-hybridized carbons (Fsp3) is 0.345. The number of piperidine rings is 2. The fourth-order valence-corrected chi connectivity index (χ4v) is 7.41. The number of carbonyl (C=O) groups excluding carboxylic acids is 3. The lowest BCUT2D eigenvalue weighted by molar-refractivity contribution is -0.128. The smallest absolute Gasteiger partial charge is 0.326 e. The number of para-hydroxylation sites is 1. The lowest BCUT2D eigenvalue weighted by Crippen LogP contribution is -2.62. The minimum absolute atomic E-state index is 0.0254. The Morgan fingerprint density at radius 2 is 1.88 bits per heavy atom. The van der Waals surface area contributed by atoms with E-state index in [9.17, 15) is 14.4 Å². The molecular formula is C29H29F2N5O4S. The van der Waals surface area contributed by atoms with Crippen LogP contribution in [0.25, 0.3) is 0 Å². The van der Waals surface area contributed by atoms with Crippen molar-refractivity contribution in [1.82, 2.24) is 20.9 Å². The molecule has 2 aromatic rings. The topological polar surface area (TPSA) is 103 Å². The predicted molar refractivity (Wildman–Crippen MR) is 150 cm³/mol. The minimum atomic E-state index is -0.923. The van der Waals surface area contributed by atoms with Gasteiger partial charge in [0.05, 0.1) is 16.3 Å². The lowest BCUT2D eigenvalue weighted by atomic mass is 9.86. The van der Waals surface area contributed by atoms with Crippen molar-refractivity contribution in [3.63, 3.8) is 0 Å². The van der Waals surface area contributed by atoms with E-state index in [1.54, 1.807) is 35.2 Å². The zero-order valence-electron chi connectivity index (χ0n) is 22.1. The number of nitrogens with one attached hydrogen (secondary N) is 3. The highest BCUT2D eigenvalue weighted by molar-refractivity contribution is 8.04. The Morgan fingerprint density at radius 3 is 2.61 bits per heavy atom. The molecule has 12 heteroatoms. The monoisotopic (exact) mass is 581 g/mol. The number of hydrogen-bond donors (Lipinski definition) is 3. The van der Waals surface area contributed by atoms with Crippen LogP contribution in [0, 0.1) is 17.6 Å². The van der Waals surface area contributed by atoms with Crippen molar-refractivity contribution in [3.8, 4) is 11.5 Å². The lowest BCUT2D eigenvalue weighted by Gasteiger charge is -2.45. The highest BCUT2D eigenvalue weighted by atomic mass is 32.2. The molecule has 214 valence electrons. The number of nitrogens with zero attached hydrogens (tertiary/aromatic N) is 2. The van der Waals surface area contributed by atoms with E-state index in [4.69, 9.17) is 4.74 Å². The first kappa shape index (κ1) is 27.3. The number of hydrogen-bond acceptors (Lipinski definition) is 6. The zero-order valence-corrected chi connectivity index (χ0v) is 22.9. The van der Waals surface area contributed by atoms with Gasteiger partial charge in [0.2, 0.25) is 5.91 Å². The van der Waals surface area contributed by atoms with Crippen molar-refractivity contribution in [3.05, 3.63) is 77.4 Å². The van der Waals surface area contributed by atoms with Crippen LogP contribution in [0.4, 0.5) is 19.3 Å². The number of rotatable bonds is 6. The molecule has 3 saturated heterocycles. The number of benzene rings is 2. The van der Waals surface area contributed by atoms with E-state index in [1.165, 1.54) is 17.8 Å². The van der Waals surface area contributed by atoms with E-state index < -0.39 is 29.4 Å². The number of urea groups is 1. The Labute approximate surface area is 240 Å². The van der Waals surface area contributed by atoms with Gasteiger partial charge in [0.1, 0.15) is 17.2 Å². The van der Waals surface area contributed by atoms with E-state index >= 15 is 8.78 Å². The molecule has 0 saturated carbocycles. The molecule has 4 heterocycles. The number of anilines is 1. The minimum Gasteiger partial charge on any atom is -0.457 e. The Morgan fingerprint density at radius 1 is 1.12 bits per heavy atom. The Balaban J connectivity index is 1.24. The molecule has 0 aliphatic carbocycles. The summed E-state index contributed by atoms with van der Waals surface area (Å²) in [6, 6.07) is 9.24. The first-order chi connectivity index (χ1) is 19.8. The molecule has 3 fully saturated rings. The van der Waals surface area contributed by atoms with E-state index in [0.717, 1.165) is 29.9 Å². The Hall–Kier alpha value is -3.90. The molecule has 4 aliphatic rings. The van der Waals surface area contributed by atoms with Gasteiger partial charge in [0.15, 0.2) is 11.6 Å². The summed E-state index contributed by atoms with van der Waals surface area (Å²) < 4.78 is 36.5. The van der Waals surface area contributed by atoms with E-state index in [0.29, 0.717) is 42.4 Å². The van der Waals surface area contributed by atoms with Crippen LogP contribution >= 0.6 is 11.8 Å². The summed E-state index contributed by atoms with van der Waals surface area (Å²) in [7, 11) is 0. The predicted octanol–water partition coefficient (Wildman–Crippen LogP) is 3.84. The van der Waals surface area contributed by atoms with Gasteiger partial charge in [-0.05, 0) is 44.0 Å². The molecular weight excluding hydrogens is 552 g/mol. The summed E-state index contributed by atoms with van der Waals surface area (Å²) >= 11 is 1.30. The molecule has 6 rings (SSSR count). The molecule has 3 N–H and O–H groups in total. The highest BCUT2D eigenvalue weighted by Crippen LogP contribution is 2.48. The number of carbonyl (C=O) groups is 3. The number of halogens is 2. The van der Waals surface area contributed by atoms with Crippen molar-refractivity contribution in [2.75, 3.05) is 24.5 Å². The molecule has 41 heavy (non-hydrogen) atoms. The van der Waals surface area contributed by atoms with Crippen LogP contribution in [0.2, 0.25) is 0 Å². The quantitative estimate of drug-likeness (QED) is 0.448. The molecule has 0 aromatic heterocycles. The van der Waals surface area contributed by atoms with Crippen molar-refractivity contribution in [1.29, 1.82) is 0 Å². The third-order valence-electron chi connectivity index (χ3n) is 7.80. The second-order valence-corrected chi connectivity index (χ2v) is 11.5. The van der Waals surface area contributed by atoms with Gasteiger partial charge in [-0.25, -0.2) is 13.6 Å².